The Kier molecular flexibility index (Phi) is 8.58. The number of hydrogen-bond acceptors (Lipinski definition) is 4. The molecular formula is C23H33ClN2O5. The first kappa shape index (κ1) is 23.8. The fraction of sp³-hybridized carbons (Fsp3) is 0.652. The smallest absolute Gasteiger partial charge is 0.407 e. The summed E-state index contributed by atoms with van der Waals surface area (Å²) in [4.78, 5) is 25.0. The zero-order valence-electron chi connectivity index (χ0n) is 17.9. The van der Waals surface area contributed by atoms with Crippen molar-refractivity contribution in [2.75, 3.05) is 32.8 Å². The first-order chi connectivity index (χ1) is 14.9. The number of carbonyl (C=O) groups excluding carboxylic acids is 1. The van der Waals surface area contributed by atoms with E-state index in [-0.39, 0.29) is 44.2 Å². The topological polar surface area (TPSA) is 99.1 Å². The Morgan fingerprint density at radius 1 is 1.23 bits per heavy atom. The molecule has 3 N–H and O–H groups in total. The van der Waals surface area contributed by atoms with E-state index in [9.17, 15) is 9.59 Å². The number of hydrogen-bond donors (Lipinski definition) is 3. The van der Waals surface area contributed by atoms with Crippen LogP contribution in [-0.2, 0) is 11.3 Å². The molecule has 0 aliphatic heterocycles. The fourth-order valence-electron chi connectivity index (χ4n) is 5.06. The zero-order chi connectivity index (χ0) is 22.3. The summed E-state index contributed by atoms with van der Waals surface area (Å²) in [5.41, 5.74) is 1.48. The molecule has 1 aromatic rings. The molecule has 2 bridgehead atoms. The predicted octanol–water partition coefficient (Wildman–Crippen LogP) is 3.92. The molecule has 172 valence electrons. The molecule has 2 saturated carbocycles. The van der Waals surface area contributed by atoms with Crippen LogP contribution in [0.2, 0.25) is 5.02 Å². The second kappa shape index (κ2) is 11.2. The first-order valence-electron chi connectivity index (χ1n) is 11.2. The van der Waals surface area contributed by atoms with Crippen molar-refractivity contribution in [2.24, 2.45) is 11.3 Å². The van der Waals surface area contributed by atoms with Gasteiger partial charge in [-0.3, -0.25) is 4.79 Å². The van der Waals surface area contributed by atoms with Gasteiger partial charge >= 0.3 is 6.09 Å². The maximum atomic E-state index is 12.9. The number of fused-ring (bicyclic) bond motifs is 2. The van der Waals surface area contributed by atoms with Gasteiger partial charge in [0.2, 0.25) is 0 Å². The van der Waals surface area contributed by atoms with Crippen molar-refractivity contribution in [3.8, 4) is 0 Å². The quantitative estimate of drug-likeness (QED) is 0.467. The van der Waals surface area contributed by atoms with Gasteiger partial charge in [-0.2, -0.15) is 0 Å². The van der Waals surface area contributed by atoms with Crippen LogP contribution in [0.3, 0.4) is 0 Å². The number of rotatable bonds is 10. The van der Waals surface area contributed by atoms with Crippen LogP contribution < -0.4 is 5.32 Å². The van der Waals surface area contributed by atoms with E-state index in [1.54, 1.807) is 18.2 Å². The molecule has 2 aliphatic carbocycles. The molecule has 0 heterocycles. The first-order valence-corrected chi connectivity index (χ1v) is 11.5. The number of amides is 2. The van der Waals surface area contributed by atoms with Crippen molar-refractivity contribution in [1.29, 1.82) is 0 Å². The lowest BCUT2D eigenvalue weighted by molar-refractivity contribution is 0.0681. The van der Waals surface area contributed by atoms with Crippen molar-refractivity contribution in [3.63, 3.8) is 0 Å². The highest BCUT2D eigenvalue weighted by molar-refractivity contribution is 6.33. The van der Waals surface area contributed by atoms with Gasteiger partial charge in [0.25, 0.3) is 5.91 Å². The van der Waals surface area contributed by atoms with Gasteiger partial charge in [0.1, 0.15) is 0 Å². The molecule has 0 spiro atoms. The van der Waals surface area contributed by atoms with E-state index in [0.29, 0.717) is 17.1 Å². The lowest BCUT2D eigenvalue weighted by Gasteiger charge is -2.45. The van der Waals surface area contributed by atoms with Crippen molar-refractivity contribution in [2.45, 2.75) is 51.6 Å². The summed E-state index contributed by atoms with van der Waals surface area (Å²) in [5.74, 6) is 0.659. The van der Waals surface area contributed by atoms with Gasteiger partial charge in [0.15, 0.2) is 0 Å². The van der Waals surface area contributed by atoms with E-state index in [1.165, 1.54) is 44.9 Å². The molecule has 2 amide bonds. The van der Waals surface area contributed by atoms with Gasteiger partial charge in [-0.25, -0.2) is 4.79 Å². The Labute approximate surface area is 188 Å². The molecule has 0 saturated heterocycles. The molecule has 0 atom stereocenters. The van der Waals surface area contributed by atoms with E-state index in [0.717, 1.165) is 16.4 Å². The molecule has 0 aromatic heterocycles. The van der Waals surface area contributed by atoms with Crippen LogP contribution in [0.4, 0.5) is 4.79 Å². The zero-order valence-corrected chi connectivity index (χ0v) is 18.7. The van der Waals surface area contributed by atoms with Gasteiger partial charge in [0.05, 0.1) is 30.4 Å². The number of aliphatic hydroxyl groups is 1. The van der Waals surface area contributed by atoms with E-state index in [2.05, 4.69) is 5.32 Å². The molecule has 31 heavy (non-hydrogen) atoms. The molecule has 0 unspecified atom stereocenters. The van der Waals surface area contributed by atoms with Crippen molar-refractivity contribution in [3.05, 3.63) is 34.3 Å². The maximum absolute atomic E-state index is 12.9. The number of nitrogens with one attached hydrogen (secondary N) is 1. The van der Waals surface area contributed by atoms with Crippen molar-refractivity contribution < 1.29 is 24.5 Å². The lowest BCUT2D eigenvalue weighted by Crippen LogP contribution is -2.43. The van der Waals surface area contributed by atoms with Crippen LogP contribution in [0.5, 0.6) is 0 Å². The van der Waals surface area contributed by atoms with Gasteiger partial charge in [0, 0.05) is 19.6 Å². The molecule has 8 heteroatoms. The van der Waals surface area contributed by atoms with Crippen LogP contribution in [0.15, 0.2) is 18.2 Å². The number of carboxylic acid groups (broad SMARTS) is 1. The summed E-state index contributed by atoms with van der Waals surface area (Å²) < 4.78 is 5.57. The van der Waals surface area contributed by atoms with E-state index in [1.807, 2.05) is 0 Å². The summed E-state index contributed by atoms with van der Waals surface area (Å²) in [7, 11) is 0. The fourth-order valence-corrected chi connectivity index (χ4v) is 5.26. The number of benzene rings is 1. The summed E-state index contributed by atoms with van der Waals surface area (Å²) in [6.45, 7) is 1.13. The molecule has 3 rings (SSSR count). The van der Waals surface area contributed by atoms with Gasteiger partial charge < -0.3 is 25.2 Å². The molecule has 2 aliphatic rings. The minimum atomic E-state index is -1.09. The second-order valence-electron chi connectivity index (χ2n) is 8.90. The van der Waals surface area contributed by atoms with Crippen LogP contribution in [-0.4, -0.2) is 60.0 Å². The Bertz CT molecular complexity index is 762. The highest BCUT2D eigenvalue weighted by Crippen LogP contribution is 2.48. The van der Waals surface area contributed by atoms with Crippen LogP contribution in [0.25, 0.3) is 0 Å². The maximum Gasteiger partial charge on any atom is 0.407 e. The lowest BCUT2D eigenvalue weighted by atomic mass is 9.62. The summed E-state index contributed by atoms with van der Waals surface area (Å²) >= 11 is 6.29. The number of nitrogens with zero attached hydrogens (tertiary/aromatic N) is 1. The third-order valence-corrected chi connectivity index (χ3v) is 7.00. The average Bonchev–Trinajstić information content (AvgIpc) is 2.75. The number of aliphatic hydroxyl groups excluding tert-OH is 1. The van der Waals surface area contributed by atoms with Crippen molar-refractivity contribution >= 4 is 23.6 Å². The Hall–Kier alpha value is -1.83. The third-order valence-electron chi connectivity index (χ3n) is 6.67. The standard InChI is InChI=1S/C23H33ClN2O5/c24-20-6-5-18(15-31-12-10-26(9-11-27)22(29)30)13-19(20)21(28)25-16-23-7-1-3-17(14-23)4-2-8-23/h5-6,13,17,27H,1-4,7-12,14-16H2,(H,25,28)(H,29,30). The molecule has 1 aromatic carbocycles. The second-order valence-corrected chi connectivity index (χ2v) is 9.30. The van der Waals surface area contributed by atoms with Crippen LogP contribution >= 0.6 is 11.6 Å². The predicted molar refractivity (Wildman–Crippen MR) is 118 cm³/mol. The van der Waals surface area contributed by atoms with E-state index in [4.69, 9.17) is 26.6 Å². The largest absolute Gasteiger partial charge is 0.465 e. The highest BCUT2D eigenvalue weighted by atomic mass is 35.5. The third kappa shape index (κ3) is 6.57. The summed E-state index contributed by atoms with van der Waals surface area (Å²) in [6.07, 6.45) is 7.67. The minimum Gasteiger partial charge on any atom is -0.465 e. The molecule has 2 fully saturated rings. The Balaban J connectivity index is 1.51. The number of ether oxygens (including phenoxy) is 1. The van der Waals surface area contributed by atoms with E-state index >= 15 is 0 Å². The van der Waals surface area contributed by atoms with Gasteiger partial charge in [-0.15, -0.1) is 0 Å². The monoisotopic (exact) mass is 452 g/mol. The highest BCUT2D eigenvalue weighted by Gasteiger charge is 2.39. The normalized spacial score (nSPS) is 22.7. The van der Waals surface area contributed by atoms with Gasteiger partial charge in [-0.1, -0.05) is 43.4 Å². The molecule has 7 nitrogen and oxygen atoms in total. The number of halogens is 1. The van der Waals surface area contributed by atoms with Crippen molar-refractivity contribution in [1.82, 2.24) is 10.2 Å². The minimum absolute atomic E-state index is 0.0478. The van der Waals surface area contributed by atoms with Gasteiger partial charge in [-0.05, 0) is 48.3 Å². The Morgan fingerprint density at radius 2 is 1.97 bits per heavy atom. The Morgan fingerprint density at radius 3 is 2.65 bits per heavy atom. The number of carbonyl (C=O) groups is 2. The summed E-state index contributed by atoms with van der Waals surface area (Å²) in [6, 6.07) is 5.23. The van der Waals surface area contributed by atoms with Crippen LogP contribution in [0, 0.1) is 11.3 Å². The summed E-state index contributed by atoms with van der Waals surface area (Å²) in [5, 5.41) is 21.5. The molecule has 0 radical (unpaired) electrons. The van der Waals surface area contributed by atoms with Crippen LogP contribution in [0.1, 0.15) is 60.9 Å². The molecular weight excluding hydrogens is 420 g/mol. The SMILES string of the molecule is O=C(NCC12CCCC(CCC1)C2)c1cc(COCCN(CCO)C(=O)O)ccc1Cl. The average molecular weight is 453 g/mol. The van der Waals surface area contributed by atoms with E-state index < -0.39 is 6.09 Å².